The highest BCUT2D eigenvalue weighted by atomic mass is 16.2. The van der Waals surface area contributed by atoms with Gasteiger partial charge in [0.05, 0.1) is 5.69 Å². The zero-order valence-corrected chi connectivity index (χ0v) is 17.4. The lowest BCUT2D eigenvalue weighted by atomic mass is 10.2. The van der Waals surface area contributed by atoms with Crippen molar-refractivity contribution in [2.24, 2.45) is 0 Å². The summed E-state index contributed by atoms with van der Waals surface area (Å²) in [5.74, 6) is -0.161. The Morgan fingerprint density at radius 2 is 1.94 bits per heavy atom. The second-order valence-corrected chi connectivity index (χ2v) is 7.92. The number of aromatic nitrogens is 5. The molecule has 0 saturated heterocycles. The van der Waals surface area contributed by atoms with E-state index in [9.17, 15) is 9.59 Å². The van der Waals surface area contributed by atoms with Gasteiger partial charge in [-0.1, -0.05) is 23.8 Å². The maximum atomic E-state index is 12.8. The summed E-state index contributed by atoms with van der Waals surface area (Å²) in [6, 6.07) is 13.6. The lowest BCUT2D eigenvalue weighted by molar-refractivity contribution is 0.0946. The number of hydrogen-bond donors (Lipinski definition) is 1. The first-order chi connectivity index (χ1) is 15.1. The number of rotatable bonds is 6. The molecule has 1 aliphatic rings. The van der Waals surface area contributed by atoms with Crippen LogP contribution in [0.3, 0.4) is 0 Å². The van der Waals surface area contributed by atoms with E-state index in [-0.39, 0.29) is 11.6 Å². The van der Waals surface area contributed by atoms with Crippen molar-refractivity contribution < 1.29 is 4.79 Å². The average molecular weight is 416 g/mol. The second kappa shape index (κ2) is 7.86. The molecular weight excluding hydrogens is 392 g/mol. The summed E-state index contributed by atoms with van der Waals surface area (Å²) in [6.07, 6.45) is 5.15. The lowest BCUT2D eigenvalue weighted by Gasteiger charge is -2.06. The van der Waals surface area contributed by atoms with Crippen LogP contribution in [-0.2, 0) is 19.4 Å². The van der Waals surface area contributed by atoms with Crippen LogP contribution in [0.5, 0.6) is 0 Å². The smallest absolute Gasteiger partial charge is 0.350 e. The van der Waals surface area contributed by atoms with Gasteiger partial charge in [0.2, 0.25) is 0 Å². The molecule has 1 aromatic carbocycles. The Balaban J connectivity index is 1.26. The van der Waals surface area contributed by atoms with E-state index in [1.165, 1.54) is 14.6 Å². The lowest BCUT2D eigenvalue weighted by Crippen LogP contribution is -2.28. The molecule has 1 amide bonds. The molecule has 158 valence electrons. The van der Waals surface area contributed by atoms with Crippen molar-refractivity contribution in [2.75, 3.05) is 6.54 Å². The highest BCUT2D eigenvalue weighted by Crippen LogP contribution is 2.27. The van der Waals surface area contributed by atoms with E-state index in [0.29, 0.717) is 30.9 Å². The van der Waals surface area contributed by atoms with E-state index in [4.69, 9.17) is 0 Å². The van der Waals surface area contributed by atoms with E-state index in [1.54, 1.807) is 18.3 Å². The molecule has 0 radical (unpaired) electrons. The van der Waals surface area contributed by atoms with Gasteiger partial charge in [0.25, 0.3) is 5.91 Å². The predicted molar refractivity (Wildman–Crippen MR) is 117 cm³/mol. The van der Waals surface area contributed by atoms with Gasteiger partial charge in [0, 0.05) is 30.5 Å². The molecular formula is C23H24N6O2. The van der Waals surface area contributed by atoms with Gasteiger partial charge >= 0.3 is 5.69 Å². The monoisotopic (exact) mass is 416 g/mol. The fourth-order valence-electron chi connectivity index (χ4n) is 4.15. The number of carbonyl (C=O) groups excluding carboxylic acids is 1. The van der Waals surface area contributed by atoms with Crippen molar-refractivity contribution in [2.45, 2.75) is 39.2 Å². The highest BCUT2D eigenvalue weighted by Gasteiger charge is 2.26. The van der Waals surface area contributed by atoms with Gasteiger partial charge in [0.1, 0.15) is 0 Å². The van der Waals surface area contributed by atoms with Gasteiger partial charge < -0.3 is 5.32 Å². The summed E-state index contributed by atoms with van der Waals surface area (Å²) in [6.45, 7) is 2.94. The zero-order valence-electron chi connectivity index (χ0n) is 17.4. The Kier molecular flexibility index (Phi) is 4.89. The number of pyridine rings is 1. The largest absolute Gasteiger partial charge is 0.351 e. The van der Waals surface area contributed by atoms with Crippen molar-refractivity contribution in [1.82, 2.24) is 29.3 Å². The molecule has 8 nitrogen and oxygen atoms in total. The van der Waals surface area contributed by atoms with Gasteiger partial charge in [-0.25, -0.2) is 14.2 Å². The third kappa shape index (κ3) is 3.54. The Bertz CT molecular complexity index is 1310. The third-order valence-electron chi connectivity index (χ3n) is 5.74. The molecule has 1 N–H and O–H groups in total. The number of fused-ring (bicyclic) bond motifs is 2. The average Bonchev–Trinajstić information content (AvgIpc) is 3.47. The van der Waals surface area contributed by atoms with E-state index >= 15 is 0 Å². The van der Waals surface area contributed by atoms with Gasteiger partial charge in [-0.3, -0.25) is 9.20 Å². The van der Waals surface area contributed by atoms with Crippen molar-refractivity contribution in [1.29, 1.82) is 0 Å². The standard InChI is InChI=1S/C23H24N6O2/c1-16-9-11-17(12-10-16)29-19-7-4-6-18(19)21(26-29)22(30)24-13-5-15-28-23(31)27-14-3-2-8-20(27)25-28/h2-3,8-12,14H,4-7,13,15H2,1H3,(H,24,30). The summed E-state index contributed by atoms with van der Waals surface area (Å²) in [5, 5.41) is 11.9. The minimum atomic E-state index is -0.170. The summed E-state index contributed by atoms with van der Waals surface area (Å²) in [7, 11) is 0. The SMILES string of the molecule is Cc1ccc(-n2nc(C(=O)NCCCn3nc4ccccn4c3=O)c3c2CCC3)cc1. The second-order valence-electron chi connectivity index (χ2n) is 7.92. The molecule has 8 heteroatoms. The van der Waals surface area contributed by atoms with Crippen LogP contribution >= 0.6 is 0 Å². The van der Waals surface area contributed by atoms with Crippen LogP contribution in [0, 0.1) is 6.92 Å². The van der Waals surface area contributed by atoms with Crippen LogP contribution < -0.4 is 11.0 Å². The van der Waals surface area contributed by atoms with Crippen LogP contribution in [0.1, 0.15) is 40.2 Å². The fraction of sp³-hybridized carbons (Fsp3) is 0.304. The number of amides is 1. The normalized spacial score (nSPS) is 12.9. The Morgan fingerprint density at radius 1 is 1.10 bits per heavy atom. The Labute approximate surface area is 179 Å². The predicted octanol–water partition coefficient (Wildman–Crippen LogP) is 2.30. The topological polar surface area (TPSA) is 86.2 Å². The van der Waals surface area contributed by atoms with Gasteiger partial charge in [-0.05, 0) is 56.9 Å². The van der Waals surface area contributed by atoms with E-state index in [2.05, 4.69) is 34.6 Å². The number of carbonyl (C=O) groups is 1. The highest BCUT2D eigenvalue weighted by molar-refractivity contribution is 5.94. The summed E-state index contributed by atoms with van der Waals surface area (Å²) in [4.78, 5) is 25.2. The number of hydrogen-bond acceptors (Lipinski definition) is 4. The fourth-order valence-corrected chi connectivity index (χ4v) is 4.15. The molecule has 0 unspecified atom stereocenters. The van der Waals surface area contributed by atoms with Crippen LogP contribution in [-0.4, -0.2) is 36.4 Å². The van der Waals surface area contributed by atoms with E-state index in [1.807, 2.05) is 22.9 Å². The molecule has 0 bridgehead atoms. The van der Waals surface area contributed by atoms with Crippen molar-refractivity contribution in [3.05, 3.63) is 81.7 Å². The zero-order chi connectivity index (χ0) is 21.4. The number of benzene rings is 1. The van der Waals surface area contributed by atoms with Crippen molar-refractivity contribution in [3.63, 3.8) is 0 Å². The molecule has 5 rings (SSSR count). The van der Waals surface area contributed by atoms with E-state index < -0.39 is 0 Å². The molecule has 0 fully saturated rings. The van der Waals surface area contributed by atoms with Gasteiger partial charge in [-0.15, -0.1) is 5.10 Å². The summed E-state index contributed by atoms with van der Waals surface area (Å²) >= 11 is 0. The molecule has 3 heterocycles. The van der Waals surface area contributed by atoms with Crippen molar-refractivity contribution in [3.8, 4) is 5.69 Å². The molecule has 4 aromatic rings. The molecule has 0 spiro atoms. The minimum Gasteiger partial charge on any atom is -0.351 e. The summed E-state index contributed by atoms with van der Waals surface area (Å²) < 4.78 is 4.86. The third-order valence-corrected chi connectivity index (χ3v) is 5.74. The molecule has 0 atom stereocenters. The molecule has 0 aliphatic heterocycles. The first-order valence-electron chi connectivity index (χ1n) is 10.6. The first-order valence-corrected chi connectivity index (χ1v) is 10.6. The van der Waals surface area contributed by atoms with Crippen LogP contribution in [0.25, 0.3) is 11.3 Å². The Hall–Kier alpha value is -3.68. The number of nitrogens with zero attached hydrogens (tertiary/aromatic N) is 5. The number of nitrogens with one attached hydrogen (secondary N) is 1. The molecule has 0 saturated carbocycles. The van der Waals surface area contributed by atoms with Crippen LogP contribution in [0.15, 0.2) is 53.5 Å². The molecule has 3 aromatic heterocycles. The summed E-state index contributed by atoms with van der Waals surface area (Å²) in [5.41, 5.74) is 5.31. The maximum Gasteiger partial charge on any atom is 0.350 e. The molecule has 1 aliphatic carbocycles. The van der Waals surface area contributed by atoms with Gasteiger partial charge in [0.15, 0.2) is 11.3 Å². The number of aryl methyl sites for hydroxylation is 2. The van der Waals surface area contributed by atoms with Crippen LogP contribution in [0.4, 0.5) is 0 Å². The van der Waals surface area contributed by atoms with Crippen LogP contribution in [0.2, 0.25) is 0 Å². The van der Waals surface area contributed by atoms with Gasteiger partial charge in [-0.2, -0.15) is 5.10 Å². The maximum absolute atomic E-state index is 12.8. The minimum absolute atomic E-state index is 0.161. The van der Waals surface area contributed by atoms with E-state index in [0.717, 1.165) is 36.2 Å². The quantitative estimate of drug-likeness (QED) is 0.489. The Morgan fingerprint density at radius 3 is 2.74 bits per heavy atom. The molecule has 31 heavy (non-hydrogen) atoms. The van der Waals surface area contributed by atoms with Crippen molar-refractivity contribution >= 4 is 11.6 Å². The first kappa shape index (κ1) is 19.3.